The van der Waals surface area contributed by atoms with E-state index < -0.39 is 0 Å². The molecule has 1 aliphatic heterocycles. The smallest absolute Gasteiger partial charge is 0.252 e. The Morgan fingerprint density at radius 3 is 2.69 bits per heavy atom. The highest BCUT2D eigenvalue weighted by Gasteiger charge is 2.23. The number of nitrogens with zero attached hydrogens (tertiary/aromatic N) is 2. The van der Waals surface area contributed by atoms with E-state index in [0.717, 1.165) is 28.9 Å². The van der Waals surface area contributed by atoms with E-state index in [1.165, 1.54) is 0 Å². The molecule has 138 valence electrons. The molecule has 0 bridgehead atoms. The summed E-state index contributed by atoms with van der Waals surface area (Å²) in [5, 5.41) is 3.04. The lowest BCUT2D eigenvalue weighted by molar-refractivity contribution is 0.0162. The third-order valence-electron chi connectivity index (χ3n) is 4.41. The van der Waals surface area contributed by atoms with E-state index in [0.29, 0.717) is 25.3 Å². The fraction of sp³-hybridized carbons (Fsp3) is 0.368. The minimum atomic E-state index is -0.134. The number of halogens is 1. The Kier molecular flexibility index (Phi) is 6.60. The number of hydrogen-bond acceptors (Lipinski definition) is 5. The summed E-state index contributed by atoms with van der Waals surface area (Å²) < 4.78 is 11.5. The van der Waals surface area contributed by atoms with E-state index in [1.54, 1.807) is 25.6 Å². The van der Waals surface area contributed by atoms with Crippen LogP contribution in [0.4, 0.5) is 0 Å². The van der Waals surface area contributed by atoms with Crippen LogP contribution in [0.15, 0.2) is 47.2 Å². The van der Waals surface area contributed by atoms with Crippen molar-refractivity contribution in [3.05, 3.63) is 58.3 Å². The van der Waals surface area contributed by atoms with Crippen LogP contribution in [0.2, 0.25) is 0 Å². The molecule has 26 heavy (non-hydrogen) atoms. The van der Waals surface area contributed by atoms with Crippen LogP contribution in [0.3, 0.4) is 0 Å². The van der Waals surface area contributed by atoms with Gasteiger partial charge in [-0.1, -0.05) is 12.1 Å². The van der Waals surface area contributed by atoms with Crippen molar-refractivity contribution in [3.8, 4) is 5.75 Å². The quantitative estimate of drug-likeness (QED) is 0.779. The van der Waals surface area contributed by atoms with Crippen LogP contribution in [-0.2, 0) is 4.74 Å². The Balaban J connectivity index is 1.73. The molecule has 2 heterocycles. The minimum absolute atomic E-state index is 0.0777. The maximum atomic E-state index is 12.5. The first-order valence-electron chi connectivity index (χ1n) is 8.52. The Hall–Kier alpha value is -1.96. The number of methoxy groups -OCH3 is 1. The summed E-state index contributed by atoms with van der Waals surface area (Å²) in [6, 6.07) is 9.83. The van der Waals surface area contributed by atoms with Crippen LogP contribution in [-0.4, -0.2) is 55.7 Å². The van der Waals surface area contributed by atoms with Crippen LogP contribution in [0, 0.1) is 0 Å². The molecule has 1 atom stereocenters. The molecular formula is C19H22BrN3O3. The van der Waals surface area contributed by atoms with Crippen molar-refractivity contribution in [1.82, 2.24) is 15.2 Å². The van der Waals surface area contributed by atoms with Crippen LogP contribution in [0.1, 0.15) is 22.0 Å². The number of amides is 1. The SMILES string of the molecule is COc1ccc([C@@H](CNC(=O)c2cncc(Br)c2)N2CCOCC2)cc1. The predicted octanol–water partition coefficient (Wildman–Crippen LogP) is 2.66. The molecule has 1 aliphatic rings. The average molecular weight is 420 g/mol. The van der Waals surface area contributed by atoms with E-state index in [9.17, 15) is 4.79 Å². The molecule has 7 heteroatoms. The number of morpholine rings is 1. The molecule has 0 radical (unpaired) electrons. The molecule has 0 saturated carbocycles. The van der Waals surface area contributed by atoms with Gasteiger partial charge in [-0.05, 0) is 39.7 Å². The highest BCUT2D eigenvalue weighted by Crippen LogP contribution is 2.24. The molecular weight excluding hydrogens is 398 g/mol. The maximum absolute atomic E-state index is 12.5. The number of ether oxygens (including phenoxy) is 2. The minimum Gasteiger partial charge on any atom is -0.497 e. The number of hydrogen-bond donors (Lipinski definition) is 1. The molecule has 6 nitrogen and oxygen atoms in total. The second-order valence-corrected chi connectivity index (χ2v) is 6.95. The number of rotatable bonds is 6. The van der Waals surface area contributed by atoms with Crippen LogP contribution in [0.5, 0.6) is 5.75 Å². The van der Waals surface area contributed by atoms with Crippen molar-refractivity contribution in [3.63, 3.8) is 0 Å². The van der Waals surface area contributed by atoms with Crippen LogP contribution in [0.25, 0.3) is 0 Å². The van der Waals surface area contributed by atoms with Gasteiger partial charge in [0.15, 0.2) is 0 Å². The van der Waals surface area contributed by atoms with Gasteiger partial charge in [-0.2, -0.15) is 0 Å². The number of pyridine rings is 1. The van der Waals surface area contributed by atoms with Crippen molar-refractivity contribution in [2.75, 3.05) is 40.0 Å². The standard InChI is InChI=1S/C19H22BrN3O3/c1-25-17-4-2-14(3-5-17)18(23-6-8-26-9-7-23)13-22-19(24)15-10-16(20)12-21-11-15/h2-5,10-12,18H,6-9,13H2,1H3,(H,22,24)/t18-/m1/s1. The summed E-state index contributed by atoms with van der Waals surface area (Å²) in [7, 11) is 1.65. The first-order chi connectivity index (χ1) is 12.7. The lowest BCUT2D eigenvalue weighted by atomic mass is 10.0. The molecule has 1 N–H and O–H groups in total. The Bertz CT molecular complexity index is 733. The van der Waals surface area contributed by atoms with Crippen LogP contribution >= 0.6 is 15.9 Å². The fourth-order valence-corrected chi connectivity index (χ4v) is 3.37. The summed E-state index contributed by atoms with van der Waals surface area (Å²) in [5.74, 6) is 0.685. The van der Waals surface area contributed by atoms with Gasteiger partial charge in [-0.3, -0.25) is 14.7 Å². The summed E-state index contributed by atoms with van der Waals surface area (Å²) >= 11 is 3.35. The third-order valence-corrected chi connectivity index (χ3v) is 4.84. The summed E-state index contributed by atoms with van der Waals surface area (Å²) in [5.41, 5.74) is 1.68. The molecule has 0 aliphatic carbocycles. The van der Waals surface area contributed by atoms with Crippen molar-refractivity contribution in [2.45, 2.75) is 6.04 Å². The van der Waals surface area contributed by atoms with Crippen molar-refractivity contribution >= 4 is 21.8 Å². The van der Waals surface area contributed by atoms with Gasteiger partial charge in [0.05, 0.1) is 31.9 Å². The maximum Gasteiger partial charge on any atom is 0.252 e. The van der Waals surface area contributed by atoms with Crippen LogP contribution < -0.4 is 10.1 Å². The molecule has 3 rings (SSSR count). The summed E-state index contributed by atoms with van der Waals surface area (Å²) in [6.07, 6.45) is 3.22. The predicted molar refractivity (Wildman–Crippen MR) is 102 cm³/mol. The molecule has 1 saturated heterocycles. The normalized spacial score (nSPS) is 16.1. The van der Waals surface area contributed by atoms with Gasteiger partial charge in [0.2, 0.25) is 0 Å². The first-order valence-corrected chi connectivity index (χ1v) is 9.31. The van der Waals surface area contributed by atoms with Gasteiger partial charge in [-0.15, -0.1) is 0 Å². The van der Waals surface area contributed by atoms with E-state index in [4.69, 9.17) is 9.47 Å². The monoisotopic (exact) mass is 419 g/mol. The van der Waals surface area contributed by atoms with Crippen molar-refractivity contribution in [1.29, 1.82) is 0 Å². The summed E-state index contributed by atoms with van der Waals surface area (Å²) in [6.45, 7) is 3.60. The van der Waals surface area contributed by atoms with Gasteiger partial charge < -0.3 is 14.8 Å². The molecule has 1 aromatic heterocycles. The molecule has 1 fully saturated rings. The third kappa shape index (κ3) is 4.81. The van der Waals surface area contributed by atoms with Gasteiger partial charge in [0.1, 0.15) is 5.75 Å². The Morgan fingerprint density at radius 2 is 2.04 bits per heavy atom. The van der Waals surface area contributed by atoms with Gasteiger partial charge in [-0.25, -0.2) is 0 Å². The van der Waals surface area contributed by atoms with Gasteiger partial charge in [0.25, 0.3) is 5.91 Å². The zero-order valence-electron chi connectivity index (χ0n) is 14.7. The molecule has 0 unspecified atom stereocenters. The lowest BCUT2D eigenvalue weighted by Crippen LogP contribution is -2.43. The Labute approximate surface area is 161 Å². The van der Waals surface area contributed by atoms with Gasteiger partial charge in [0, 0.05) is 36.5 Å². The molecule has 2 aromatic rings. The largest absolute Gasteiger partial charge is 0.497 e. The van der Waals surface area contributed by atoms with E-state index >= 15 is 0 Å². The topological polar surface area (TPSA) is 63.7 Å². The number of carbonyl (C=O) groups excluding carboxylic acids is 1. The highest BCUT2D eigenvalue weighted by atomic mass is 79.9. The number of nitrogens with one attached hydrogen (secondary N) is 1. The van der Waals surface area contributed by atoms with Gasteiger partial charge >= 0.3 is 0 Å². The molecule has 1 amide bonds. The lowest BCUT2D eigenvalue weighted by Gasteiger charge is -2.35. The van der Waals surface area contributed by atoms with Crippen molar-refractivity contribution in [2.24, 2.45) is 0 Å². The Morgan fingerprint density at radius 1 is 1.31 bits per heavy atom. The molecule has 1 aromatic carbocycles. The highest BCUT2D eigenvalue weighted by molar-refractivity contribution is 9.10. The average Bonchev–Trinajstić information content (AvgIpc) is 2.69. The number of benzene rings is 1. The molecule has 0 spiro atoms. The number of carbonyl (C=O) groups is 1. The van der Waals surface area contributed by atoms with E-state index in [-0.39, 0.29) is 11.9 Å². The first kappa shape index (κ1) is 18.8. The fourth-order valence-electron chi connectivity index (χ4n) is 3.00. The van der Waals surface area contributed by atoms with E-state index in [1.807, 2.05) is 24.3 Å². The zero-order chi connectivity index (χ0) is 18.4. The second-order valence-electron chi connectivity index (χ2n) is 6.04. The summed E-state index contributed by atoms with van der Waals surface area (Å²) in [4.78, 5) is 18.9. The second kappa shape index (κ2) is 9.12. The van der Waals surface area contributed by atoms with Crippen molar-refractivity contribution < 1.29 is 14.3 Å². The zero-order valence-corrected chi connectivity index (χ0v) is 16.2. The van der Waals surface area contributed by atoms with E-state index in [2.05, 4.69) is 31.1 Å². The number of aromatic nitrogens is 1.